The van der Waals surface area contributed by atoms with E-state index >= 15 is 0 Å². The normalized spacial score (nSPS) is 11.2. The summed E-state index contributed by atoms with van der Waals surface area (Å²) in [6, 6.07) is 8.33. The number of hydrogen-bond acceptors (Lipinski definition) is 6. The Morgan fingerprint density at radius 3 is 2.75 bits per heavy atom. The summed E-state index contributed by atoms with van der Waals surface area (Å²) in [4.78, 5) is 12.2. The quantitative estimate of drug-likeness (QED) is 0.533. The summed E-state index contributed by atoms with van der Waals surface area (Å²) in [5.41, 5.74) is 0.303. The van der Waals surface area contributed by atoms with Crippen molar-refractivity contribution in [2.24, 2.45) is 0 Å². The molecule has 0 fully saturated rings. The summed E-state index contributed by atoms with van der Waals surface area (Å²) in [7, 11) is -2.19. The highest BCUT2D eigenvalue weighted by Crippen LogP contribution is 2.30. The summed E-state index contributed by atoms with van der Waals surface area (Å²) in [6.07, 6.45) is 3.45. The van der Waals surface area contributed by atoms with Crippen LogP contribution in [0, 0.1) is 0 Å². The molecule has 1 N–H and O–H groups in total. The second kappa shape index (κ2) is 10.6. The van der Waals surface area contributed by atoms with E-state index in [1.54, 1.807) is 30.2 Å². The Morgan fingerprint density at radius 1 is 1.36 bits per heavy atom. The minimum absolute atomic E-state index is 0.266. The molecule has 2 aromatic rings. The van der Waals surface area contributed by atoms with Crippen LogP contribution >= 0.6 is 23.4 Å². The van der Waals surface area contributed by atoms with Gasteiger partial charge in [0, 0.05) is 6.54 Å². The molecule has 0 saturated carbocycles. The van der Waals surface area contributed by atoms with E-state index in [4.69, 9.17) is 20.8 Å². The monoisotopic (exact) mass is 446 g/mol. The molecule has 0 aliphatic carbocycles. The molecule has 0 aliphatic rings. The van der Waals surface area contributed by atoms with Gasteiger partial charge in [0.2, 0.25) is 15.9 Å². The maximum Gasteiger partial charge on any atom is 0.240 e. The smallest absolute Gasteiger partial charge is 0.240 e. The first-order valence-corrected chi connectivity index (χ1v) is 11.9. The lowest BCUT2D eigenvalue weighted by Gasteiger charge is -2.22. The van der Waals surface area contributed by atoms with Crippen molar-refractivity contribution in [3.8, 4) is 5.75 Å². The minimum atomic E-state index is -3.66. The van der Waals surface area contributed by atoms with Crippen LogP contribution in [-0.4, -0.2) is 46.5 Å². The van der Waals surface area contributed by atoms with E-state index in [1.807, 2.05) is 12.1 Å². The van der Waals surface area contributed by atoms with Gasteiger partial charge in [-0.2, -0.15) is 11.8 Å². The van der Waals surface area contributed by atoms with Gasteiger partial charge in [0.05, 0.1) is 36.1 Å². The number of amides is 1. The van der Waals surface area contributed by atoms with E-state index in [0.717, 1.165) is 34.2 Å². The standard InChI is InChI=1S/C18H23ClN2O5S2/c1-25-17-7-6-14(11-16(17)19)21(28(2,23)24)12-18(22)20-8-4-10-27-13-15-5-3-9-26-15/h3,5-7,9,11H,4,8,10,12-13H2,1-2H3,(H,20,22). The number of anilines is 1. The molecule has 7 nitrogen and oxygen atoms in total. The predicted molar refractivity (Wildman–Crippen MR) is 113 cm³/mol. The zero-order valence-corrected chi connectivity index (χ0v) is 18.1. The van der Waals surface area contributed by atoms with Gasteiger partial charge in [0.25, 0.3) is 0 Å². The fourth-order valence-electron chi connectivity index (χ4n) is 2.37. The number of ether oxygens (including phenoxy) is 1. The third-order valence-corrected chi connectivity index (χ3v) is 6.22. The number of nitrogens with one attached hydrogen (secondary N) is 1. The van der Waals surface area contributed by atoms with Crippen molar-refractivity contribution in [2.75, 3.05) is 36.5 Å². The average molecular weight is 447 g/mol. The van der Waals surface area contributed by atoms with E-state index in [-0.39, 0.29) is 17.5 Å². The second-order valence-corrected chi connectivity index (χ2v) is 9.34. The number of methoxy groups -OCH3 is 1. The molecule has 0 spiro atoms. The Kier molecular flexibility index (Phi) is 8.53. The number of carbonyl (C=O) groups excluding carboxylic acids is 1. The van der Waals surface area contributed by atoms with Crippen LogP contribution in [0.2, 0.25) is 5.02 Å². The zero-order valence-electron chi connectivity index (χ0n) is 15.7. The van der Waals surface area contributed by atoms with E-state index in [1.165, 1.54) is 13.2 Å². The molecule has 1 amide bonds. The van der Waals surface area contributed by atoms with Crippen LogP contribution in [0.5, 0.6) is 5.75 Å². The number of benzene rings is 1. The van der Waals surface area contributed by atoms with Crippen molar-refractivity contribution in [1.29, 1.82) is 0 Å². The number of halogens is 1. The molecule has 10 heteroatoms. The maximum atomic E-state index is 12.2. The Bertz CT molecular complexity index is 872. The summed E-state index contributed by atoms with van der Waals surface area (Å²) in [5.74, 6) is 2.59. The van der Waals surface area contributed by atoms with Crippen LogP contribution in [0.4, 0.5) is 5.69 Å². The minimum Gasteiger partial charge on any atom is -0.495 e. The molecule has 0 saturated heterocycles. The lowest BCUT2D eigenvalue weighted by molar-refractivity contribution is -0.119. The summed E-state index contributed by atoms with van der Waals surface area (Å²) < 4.78 is 35.6. The van der Waals surface area contributed by atoms with Crippen LogP contribution in [0.25, 0.3) is 0 Å². The van der Waals surface area contributed by atoms with E-state index in [0.29, 0.717) is 18.0 Å². The largest absolute Gasteiger partial charge is 0.495 e. The fourth-order valence-corrected chi connectivity index (χ4v) is 4.32. The van der Waals surface area contributed by atoms with Gasteiger partial charge in [-0.05, 0) is 42.5 Å². The van der Waals surface area contributed by atoms with Gasteiger partial charge in [-0.1, -0.05) is 11.6 Å². The number of thioether (sulfide) groups is 1. The Balaban J connectivity index is 1.83. The maximum absolute atomic E-state index is 12.2. The second-order valence-electron chi connectivity index (χ2n) is 5.92. The molecule has 0 aliphatic heterocycles. The van der Waals surface area contributed by atoms with Gasteiger partial charge in [-0.25, -0.2) is 8.42 Å². The highest BCUT2D eigenvalue weighted by atomic mass is 35.5. The van der Waals surface area contributed by atoms with Crippen molar-refractivity contribution in [3.05, 3.63) is 47.4 Å². The number of furan rings is 1. The average Bonchev–Trinajstić information content (AvgIpc) is 3.15. The van der Waals surface area contributed by atoms with Gasteiger partial charge < -0.3 is 14.5 Å². The molecule has 1 aromatic carbocycles. The van der Waals surface area contributed by atoms with Crippen molar-refractivity contribution in [2.45, 2.75) is 12.2 Å². The van der Waals surface area contributed by atoms with E-state index < -0.39 is 10.0 Å². The third kappa shape index (κ3) is 6.96. The number of carbonyl (C=O) groups is 1. The van der Waals surface area contributed by atoms with Gasteiger partial charge >= 0.3 is 0 Å². The molecule has 0 atom stereocenters. The SMILES string of the molecule is COc1ccc(N(CC(=O)NCCCSCc2ccco2)S(C)(=O)=O)cc1Cl. The molecule has 0 bridgehead atoms. The van der Waals surface area contributed by atoms with Gasteiger partial charge in [-0.15, -0.1) is 0 Å². The van der Waals surface area contributed by atoms with Crippen molar-refractivity contribution < 1.29 is 22.4 Å². The van der Waals surface area contributed by atoms with Gasteiger partial charge in [0.15, 0.2) is 0 Å². The Morgan fingerprint density at radius 2 is 2.14 bits per heavy atom. The number of rotatable bonds is 11. The molecular weight excluding hydrogens is 424 g/mol. The zero-order chi connectivity index (χ0) is 20.6. The van der Waals surface area contributed by atoms with E-state index in [2.05, 4.69) is 5.32 Å². The molecule has 2 rings (SSSR count). The highest BCUT2D eigenvalue weighted by Gasteiger charge is 2.21. The van der Waals surface area contributed by atoms with Gasteiger partial charge in [-0.3, -0.25) is 9.10 Å². The topological polar surface area (TPSA) is 88.8 Å². The molecule has 1 aromatic heterocycles. The predicted octanol–water partition coefficient (Wildman–Crippen LogP) is 3.15. The Labute approximate surface area is 174 Å². The fraction of sp³-hybridized carbons (Fsp3) is 0.389. The first-order valence-electron chi connectivity index (χ1n) is 8.49. The molecule has 0 radical (unpaired) electrons. The lowest BCUT2D eigenvalue weighted by Crippen LogP contribution is -2.40. The number of sulfonamides is 1. The van der Waals surface area contributed by atoms with Crippen molar-refractivity contribution in [1.82, 2.24) is 5.32 Å². The molecule has 0 unspecified atom stereocenters. The highest BCUT2D eigenvalue weighted by molar-refractivity contribution is 7.98. The molecule has 28 heavy (non-hydrogen) atoms. The number of hydrogen-bond donors (Lipinski definition) is 1. The van der Waals surface area contributed by atoms with Crippen LogP contribution in [0.15, 0.2) is 41.0 Å². The first-order chi connectivity index (χ1) is 13.3. The summed E-state index contributed by atoms with van der Waals surface area (Å²) >= 11 is 7.78. The molecule has 154 valence electrons. The van der Waals surface area contributed by atoms with Crippen molar-refractivity contribution >= 4 is 45.0 Å². The van der Waals surface area contributed by atoms with Crippen LogP contribution in [0.3, 0.4) is 0 Å². The molecule has 1 heterocycles. The summed E-state index contributed by atoms with van der Waals surface area (Å²) in [5, 5.41) is 3.01. The third-order valence-electron chi connectivity index (χ3n) is 3.72. The number of nitrogens with zero attached hydrogens (tertiary/aromatic N) is 1. The van der Waals surface area contributed by atoms with Crippen LogP contribution in [0.1, 0.15) is 12.2 Å². The van der Waals surface area contributed by atoms with Crippen LogP contribution in [-0.2, 0) is 20.6 Å². The Hall–Kier alpha value is -1.84. The lowest BCUT2D eigenvalue weighted by atomic mass is 10.3. The van der Waals surface area contributed by atoms with E-state index in [9.17, 15) is 13.2 Å². The molecular formula is C18H23ClN2O5S2. The van der Waals surface area contributed by atoms with Crippen LogP contribution < -0.4 is 14.4 Å². The van der Waals surface area contributed by atoms with Gasteiger partial charge in [0.1, 0.15) is 18.1 Å². The summed E-state index contributed by atoms with van der Waals surface area (Å²) in [6.45, 7) is 0.145. The van der Waals surface area contributed by atoms with Crippen molar-refractivity contribution in [3.63, 3.8) is 0 Å². The first kappa shape index (κ1) is 22.4.